The molecule has 58 valence electrons. The summed E-state index contributed by atoms with van der Waals surface area (Å²) < 4.78 is 0. The van der Waals surface area contributed by atoms with Gasteiger partial charge in [-0.2, -0.15) is 0 Å². The van der Waals surface area contributed by atoms with E-state index < -0.39 is 21.7 Å². The predicted octanol–water partition coefficient (Wildman–Crippen LogP) is 0.173. The Bertz CT molecular complexity index is 269. The fourth-order valence-corrected chi connectivity index (χ4v) is 0.573. The minimum atomic E-state index is -1.63. The van der Waals surface area contributed by atoms with Crippen molar-refractivity contribution in [2.24, 2.45) is 10.2 Å². The summed E-state index contributed by atoms with van der Waals surface area (Å²) >= 11 is 0. The molecule has 1 heterocycles. The van der Waals surface area contributed by atoms with E-state index in [1.807, 2.05) is 0 Å². The number of azo groups is 1. The summed E-state index contributed by atoms with van der Waals surface area (Å²) in [6.45, 7) is 0. The van der Waals surface area contributed by atoms with Crippen LogP contribution in [0.3, 0.4) is 0 Å². The Morgan fingerprint density at radius 3 is 2.45 bits per heavy atom. The van der Waals surface area contributed by atoms with Crippen LogP contribution in [0.1, 0.15) is 0 Å². The lowest BCUT2D eigenvalue weighted by Crippen LogP contribution is -2.21. The Kier molecular flexibility index (Phi) is 1.58. The van der Waals surface area contributed by atoms with Crippen LogP contribution in [0.25, 0.3) is 0 Å². The first-order valence-corrected chi connectivity index (χ1v) is 2.51. The third kappa shape index (κ3) is 1.18. The van der Waals surface area contributed by atoms with Crippen molar-refractivity contribution in [3.63, 3.8) is 0 Å². The summed E-state index contributed by atoms with van der Waals surface area (Å²) in [5.74, 6) is 0. The molecule has 0 fully saturated rings. The molecule has 0 aliphatic carbocycles. The van der Waals surface area contributed by atoms with E-state index in [0.29, 0.717) is 0 Å². The summed E-state index contributed by atoms with van der Waals surface area (Å²) in [5, 5.41) is 26.2. The van der Waals surface area contributed by atoms with Crippen molar-refractivity contribution in [2.45, 2.75) is 6.17 Å². The topological polar surface area (TPSA) is 111 Å². The van der Waals surface area contributed by atoms with E-state index >= 15 is 0 Å². The van der Waals surface area contributed by atoms with E-state index in [1.165, 1.54) is 0 Å². The molecule has 1 atom stereocenters. The molecule has 0 spiro atoms. The second-order valence-electron chi connectivity index (χ2n) is 1.70. The van der Waals surface area contributed by atoms with Gasteiger partial charge in [-0.25, -0.2) is 0 Å². The first kappa shape index (κ1) is 7.25. The number of hydrogen-bond acceptors (Lipinski definition) is 6. The van der Waals surface area contributed by atoms with Crippen LogP contribution in [0, 0.1) is 20.2 Å². The molecule has 11 heavy (non-hydrogen) atoms. The maximum atomic E-state index is 10.0. The first-order chi connectivity index (χ1) is 5.13. The smallest absolute Gasteiger partial charge is 0.262 e. The molecular formula is C3H2N4O4. The fraction of sp³-hybridized carbons (Fsp3) is 0.333. The Labute approximate surface area is 59.5 Å². The molecule has 0 bridgehead atoms. The normalized spacial score (nSPS) is 21.5. The van der Waals surface area contributed by atoms with Gasteiger partial charge < -0.3 is 0 Å². The van der Waals surface area contributed by atoms with Crippen molar-refractivity contribution in [2.75, 3.05) is 0 Å². The maximum absolute atomic E-state index is 10.0. The van der Waals surface area contributed by atoms with E-state index in [-0.39, 0.29) is 0 Å². The summed E-state index contributed by atoms with van der Waals surface area (Å²) in [6, 6.07) is 0. The van der Waals surface area contributed by atoms with Crippen molar-refractivity contribution in [1.29, 1.82) is 0 Å². The highest BCUT2D eigenvalue weighted by Crippen LogP contribution is 2.14. The molecule has 8 heteroatoms. The van der Waals surface area contributed by atoms with Crippen LogP contribution in [0.5, 0.6) is 0 Å². The zero-order valence-electron chi connectivity index (χ0n) is 5.08. The fourth-order valence-electron chi connectivity index (χ4n) is 0.573. The number of hydrogen-bond donors (Lipinski definition) is 0. The highest BCUT2D eigenvalue weighted by atomic mass is 16.6. The maximum Gasteiger partial charge on any atom is 0.411 e. The Hall–Kier alpha value is -1.86. The number of rotatable bonds is 2. The largest absolute Gasteiger partial charge is 0.411 e. The van der Waals surface area contributed by atoms with E-state index in [2.05, 4.69) is 10.2 Å². The van der Waals surface area contributed by atoms with E-state index in [4.69, 9.17) is 0 Å². The molecule has 0 aromatic heterocycles. The Balaban J connectivity index is 2.85. The highest BCUT2D eigenvalue weighted by Gasteiger charge is 2.38. The van der Waals surface area contributed by atoms with Gasteiger partial charge in [-0.1, -0.05) is 0 Å². The minimum Gasteiger partial charge on any atom is -0.262 e. The van der Waals surface area contributed by atoms with Crippen LogP contribution in [-0.4, -0.2) is 16.0 Å². The second-order valence-corrected chi connectivity index (χ2v) is 1.70. The van der Waals surface area contributed by atoms with Crippen LogP contribution in [-0.2, 0) is 0 Å². The Morgan fingerprint density at radius 2 is 2.09 bits per heavy atom. The molecule has 0 aromatic rings. The van der Waals surface area contributed by atoms with Crippen LogP contribution >= 0.6 is 0 Å². The highest BCUT2D eigenvalue weighted by molar-refractivity contribution is 5.00. The zero-order chi connectivity index (χ0) is 8.43. The number of nitrogens with zero attached hydrogens (tertiary/aromatic N) is 4. The van der Waals surface area contributed by atoms with Crippen molar-refractivity contribution in [3.8, 4) is 0 Å². The van der Waals surface area contributed by atoms with Crippen LogP contribution in [0.15, 0.2) is 22.1 Å². The summed E-state index contributed by atoms with van der Waals surface area (Å²) in [5.41, 5.74) is -0.602. The number of nitro groups is 2. The van der Waals surface area contributed by atoms with Gasteiger partial charge in [0, 0.05) is 0 Å². The van der Waals surface area contributed by atoms with Gasteiger partial charge in [0.05, 0.1) is 9.85 Å². The third-order valence-electron chi connectivity index (χ3n) is 1.04. The molecule has 1 aliphatic rings. The molecule has 0 saturated carbocycles. The molecule has 0 radical (unpaired) electrons. The summed E-state index contributed by atoms with van der Waals surface area (Å²) in [7, 11) is 0. The quantitative estimate of drug-likeness (QED) is 0.421. The summed E-state index contributed by atoms with van der Waals surface area (Å²) in [6.07, 6.45) is -0.863. The lowest BCUT2D eigenvalue weighted by molar-refractivity contribution is -0.552. The van der Waals surface area contributed by atoms with Crippen LogP contribution in [0.2, 0.25) is 0 Å². The molecule has 8 nitrogen and oxygen atoms in total. The minimum absolute atomic E-state index is 0.602. The van der Waals surface area contributed by atoms with Gasteiger partial charge in [0.15, 0.2) is 0 Å². The lowest BCUT2D eigenvalue weighted by atomic mass is 10.4. The van der Waals surface area contributed by atoms with Crippen LogP contribution < -0.4 is 0 Å². The molecule has 0 saturated heterocycles. The van der Waals surface area contributed by atoms with Gasteiger partial charge in [0.1, 0.15) is 6.20 Å². The van der Waals surface area contributed by atoms with Crippen LogP contribution in [0.4, 0.5) is 0 Å². The van der Waals surface area contributed by atoms with Gasteiger partial charge in [-0.05, 0) is 0 Å². The van der Waals surface area contributed by atoms with Crippen molar-refractivity contribution < 1.29 is 9.85 Å². The zero-order valence-corrected chi connectivity index (χ0v) is 5.08. The van der Waals surface area contributed by atoms with E-state index in [1.54, 1.807) is 0 Å². The lowest BCUT2D eigenvalue weighted by Gasteiger charge is -1.93. The van der Waals surface area contributed by atoms with Crippen molar-refractivity contribution >= 4 is 0 Å². The molecule has 1 aliphatic heterocycles. The SMILES string of the molecule is O=[N+]([O-])C1=CN=NC1[N+](=O)[O-]. The average Bonchev–Trinajstić information content (AvgIpc) is 2.32. The van der Waals surface area contributed by atoms with Gasteiger partial charge in [-0.3, -0.25) is 20.2 Å². The molecule has 0 aromatic carbocycles. The van der Waals surface area contributed by atoms with E-state index in [0.717, 1.165) is 6.20 Å². The van der Waals surface area contributed by atoms with Crippen molar-refractivity contribution in [1.82, 2.24) is 0 Å². The van der Waals surface area contributed by atoms with Crippen molar-refractivity contribution in [3.05, 3.63) is 32.1 Å². The van der Waals surface area contributed by atoms with Gasteiger partial charge in [0.2, 0.25) is 0 Å². The summed E-state index contributed by atoms with van der Waals surface area (Å²) in [4.78, 5) is 18.3. The molecule has 0 N–H and O–H groups in total. The predicted molar refractivity (Wildman–Crippen MR) is 30.7 cm³/mol. The van der Waals surface area contributed by atoms with E-state index in [9.17, 15) is 20.2 Å². The molecule has 0 amide bonds. The third-order valence-corrected chi connectivity index (χ3v) is 1.04. The van der Waals surface area contributed by atoms with Gasteiger partial charge in [0.25, 0.3) is 0 Å². The van der Waals surface area contributed by atoms with Gasteiger partial charge >= 0.3 is 11.9 Å². The molecular weight excluding hydrogens is 156 g/mol. The molecule has 1 rings (SSSR count). The standard InChI is InChI=1S/C3H2N4O4/c8-6(9)2-1-4-5-3(2)7(10)11/h1,3H. The molecule has 1 unspecified atom stereocenters. The monoisotopic (exact) mass is 158 g/mol. The average molecular weight is 158 g/mol. The Morgan fingerprint density at radius 1 is 1.45 bits per heavy atom. The first-order valence-electron chi connectivity index (χ1n) is 2.51. The van der Waals surface area contributed by atoms with Gasteiger partial charge in [-0.15, -0.1) is 10.2 Å². The second kappa shape index (κ2) is 2.40.